The zero-order chi connectivity index (χ0) is 41.2. The Balaban J connectivity index is 1.38. The van der Waals surface area contributed by atoms with E-state index in [2.05, 4.69) is 116 Å². The summed E-state index contributed by atoms with van der Waals surface area (Å²) in [6.07, 6.45) is 5.55. The first-order valence-corrected chi connectivity index (χ1v) is 21.8. The van der Waals surface area contributed by atoms with Crippen LogP contribution in [0.4, 0.5) is 4.79 Å². The van der Waals surface area contributed by atoms with E-state index in [1.54, 1.807) is 12.0 Å². The molecule has 0 atom stereocenters. The Morgan fingerprint density at radius 3 is 1.95 bits per heavy atom. The van der Waals surface area contributed by atoms with Gasteiger partial charge in [-0.05, 0) is 112 Å². The van der Waals surface area contributed by atoms with Gasteiger partial charge in [0.25, 0.3) is 8.32 Å². The lowest BCUT2D eigenvalue weighted by Gasteiger charge is -2.43. The van der Waals surface area contributed by atoms with E-state index >= 15 is 0 Å². The molecule has 0 bridgehead atoms. The van der Waals surface area contributed by atoms with Crippen LogP contribution in [0.1, 0.15) is 93.2 Å². The van der Waals surface area contributed by atoms with Crippen molar-refractivity contribution in [3.63, 3.8) is 0 Å². The van der Waals surface area contributed by atoms with Gasteiger partial charge in [0.1, 0.15) is 11.4 Å². The first kappa shape index (κ1) is 45.3. The van der Waals surface area contributed by atoms with Crippen LogP contribution >= 0.6 is 0 Å². The highest BCUT2D eigenvalue weighted by atomic mass is 28.4. The number of hydrogen-bond acceptors (Lipinski definition) is 8. The quantitative estimate of drug-likeness (QED) is 0.0732. The van der Waals surface area contributed by atoms with Crippen LogP contribution in [0.3, 0.4) is 0 Å². The van der Waals surface area contributed by atoms with Crippen molar-refractivity contribution in [2.24, 2.45) is 0 Å². The summed E-state index contributed by atoms with van der Waals surface area (Å²) in [4.78, 5) is 15.2. The predicted octanol–water partition coefficient (Wildman–Crippen LogP) is 7.90. The van der Waals surface area contributed by atoms with E-state index in [1.165, 1.54) is 10.4 Å². The molecule has 1 aliphatic rings. The Kier molecular flexibility index (Phi) is 15.6. The zero-order valence-corrected chi connectivity index (χ0v) is 37.0. The summed E-state index contributed by atoms with van der Waals surface area (Å²) in [6, 6.07) is 25.1. The first-order valence-electron chi connectivity index (χ1n) is 19.9. The van der Waals surface area contributed by atoms with Crippen molar-refractivity contribution >= 4 is 43.4 Å². The molecule has 0 aliphatic carbocycles. The highest BCUT2D eigenvalue weighted by Crippen LogP contribution is 2.38. The molecule has 0 unspecified atom stereocenters. The van der Waals surface area contributed by atoms with Gasteiger partial charge in [-0.3, -0.25) is 0 Å². The van der Waals surface area contributed by atoms with Crippen LogP contribution in [0, 0.1) is 6.92 Å². The van der Waals surface area contributed by atoms with Crippen molar-refractivity contribution in [2.75, 3.05) is 46.8 Å². The van der Waals surface area contributed by atoms with Crippen molar-refractivity contribution in [2.45, 2.75) is 111 Å². The summed E-state index contributed by atoms with van der Waals surface area (Å²) in [6.45, 7) is 24.9. The van der Waals surface area contributed by atoms with Crippen LogP contribution in [0.5, 0.6) is 5.75 Å². The molecule has 306 valence electrons. The van der Waals surface area contributed by atoms with Crippen LogP contribution in [0.2, 0.25) is 5.04 Å². The van der Waals surface area contributed by atoms with Crippen molar-refractivity contribution in [3.8, 4) is 5.75 Å². The molecule has 0 aromatic heterocycles. The van der Waals surface area contributed by atoms with Crippen LogP contribution in [0.25, 0.3) is 6.08 Å². The lowest BCUT2D eigenvalue weighted by Crippen LogP contribution is -2.67. The van der Waals surface area contributed by atoms with Crippen molar-refractivity contribution in [3.05, 3.63) is 90.0 Å². The molecule has 1 amide bonds. The van der Waals surface area contributed by atoms with Gasteiger partial charge in [-0.1, -0.05) is 93.6 Å². The molecule has 9 nitrogen and oxygen atoms in total. The van der Waals surface area contributed by atoms with Gasteiger partial charge < -0.3 is 37.6 Å². The summed E-state index contributed by atoms with van der Waals surface area (Å²) < 4.78 is 42.8. The number of carbonyl (C=O) groups is 1. The number of nitrogens with zero attached hydrogens (tertiary/aromatic N) is 1. The minimum Gasteiger partial charge on any atom is -0.468 e. The molecular weight excluding hydrogens is 721 g/mol. The number of allylic oxidation sites excluding steroid dienone is 1. The molecule has 1 saturated heterocycles. The topological polar surface area (TPSA) is 84.9 Å². The number of aryl methyl sites for hydroxylation is 1. The Bertz CT molecular complexity index is 1660. The highest BCUT2D eigenvalue weighted by molar-refractivity contribution is 6.99. The number of hydrogen-bond donors (Lipinski definition) is 0. The van der Waals surface area contributed by atoms with E-state index in [4.69, 9.17) is 32.7 Å². The fourth-order valence-electron chi connectivity index (χ4n) is 6.87. The molecule has 11 heteroatoms. The van der Waals surface area contributed by atoms with Crippen molar-refractivity contribution < 1.29 is 37.5 Å². The third-order valence-electron chi connectivity index (χ3n) is 10.4. The molecule has 0 spiro atoms. The fraction of sp³-hybridized carbons (Fsp3) is 0.533. The Hall–Kier alpha value is -3.45. The number of benzene rings is 3. The number of amides is 1. The number of ether oxygens (including phenoxy) is 4. The number of carbonyl (C=O) groups excluding carboxylic acids is 1. The second kappa shape index (κ2) is 19.3. The standard InChI is InChI=1S/C45H66BNO8Si/c1-35-32-36(51-34-49-12)33-40(46-54-44(8,9)45(10,11)55-46)39(35)26-20-15-21-29-50-30-27-47(41(48)53-42(2,3)4)28-31-52-56(43(5,6)7,37-22-16-13-17-23-37)38-24-18-14-19-25-38/h13-14,16-20,22-26,32-33H,15,21,27-31,34H2,1-12H3/b26-20+. The highest BCUT2D eigenvalue weighted by Gasteiger charge is 2.52. The summed E-state index contributed by atoms with van der Waals surface area (Å²) in [7, 11) is -1.69. The molecule has 3 aromatic carbocycles. The number of unbranched alkanes of at least 4 members (excludes halogenated alkanes) is 1. The molecule has 4 rings (SSSR count). The molecule has 3 aromatic rings. The van der Waals surface area contributed by atoms with Gasteiger partial charge >= 0.3 is 13.2 Å². The van der Waals surface area contributed by atoms with Crippen LogP contribution in [0.15, 0.2) is 78.9 Å². The third-order valence-corrected chi connectivity index (χ3v) is 15.5. The maximum absolute atomic E-state index is 13.4. The van der Waals surface area contributed by atoms with Crippen LogP contribution < -0.4 is 20.6 Å². The third kappa shape index (κ3) is 11.6. The first-order chi connectivity index (χ1) is 26.3. The molecule has 0 radical (unpaired) electrons. The molecule has 0 N–H and O–H groups in total. The minimum absolute atomic E-state index is 0.155. The SMILES string of the molecule is COCOc1cc(C)c(/C=C/CCCOCCN(CCO[Si](c2ccccc2)(c2ccccc2)C(C)(C)C)C(=O)OC(C)(C)C)c(B2OC(C)(C)C(C)(C)O2)c1. The van der Waals surface area contributed by atoms with Crippen LogP contribution in [-0.2, 0) is 27.9 Å². The van der Waals surface area contributed by atoms with E-state index in [0.717, 1.165) is 29.4 Å². The molecular formula is C45H66BNO8Si. The van der Waals surface area contributed by atoms with Gasteiger partial charge in [-0.15, -0.1) is 0 Å². The summed E-state index contributed by atoms with van der Waals surface area (Å²) in [5, 5.41) is 2.23. The van der Waals surface area contributed by atoms with Crippen molar-refractivity contribution in [1.82, 2.24) is 4.90 Å². The molecule has 1 aliphatic heterocycles. The van der Waals surface area contributed by atoms with E-state index in [-0.39, 0.29) is 17.9 Å². The average molecular weight is 788 g/mol. The largest absolute Gasteiger partial charge is 0.495 e. The Morgan fingerprint density at radius 2 is 1.41 bits per heavy atom. The lowest BCUT2D eigenvalue weighted by atomic mass is 9.74. The Labute approximate surface area is 338 Å². The smallest absolute Gasteiger partial charge is 0.468 e. The second-order valence-electron chi connectivity index (χ2n) is 17.5. The second-order valence-corrected chi connectivity index (χ2v) is 21.8. The normalized spacial score (nSPS) is 15.7. The maximum atomic E-state index is 13.4. The van der Waals surface area contributed by atoms with Crippen molar-refractivity contribution in [1.29, 1.82) is 0 Å². The zero-order valence-electron chi connectivity index (χ0n) is 36.0. The summed E-state index contributed by atoms with van der Waals surface area (Å²) in [5.74, 6) is 0.703. The molecule has 1 heterocycles. The van der Waals surface area contributed by atoms with E-state index in [0.29, 0.717) is 38.7 Å². The Morgan fingerprint density at radius 1 is 0.839 bits per heavy atom. The van der Waals surface area contributed by atoms with Gasteiger partial charge in [0.15, 0.2) is 6.79 Å². The van der Waals surface area contributed by atoms with Gasteiger partial charge in [0, 0.05) is 26.8 Å². The number of methoxy groups -OCH3 is 1. The summed E-state index contributed by atoms with van der Waals surface area (Å²) >= 11 is 0. The summed E-state index contributed by atoms with van der Waals surface area (Å²) in [5.41, 5.74) is 1.45. The van der Waals surface area contributed by atoms with E-state index in [9.17, 15) is 4.79 Å². The monoisotopic (exact) mass is 787 g/mol. The molecule has 0 saturated carbocycles. The van der Waals surface area contributed by atoms with E-state index < -0.39 is 32.2 Å². The fourth-order valence-corrected chi connectivity index (χ4v) is 11.4. The van der Waals surface area contributed by atoms with Crippen LogP contribution in [-0.4, -0.2) is 90.0 Å². The lowest BCUT2D eigenvalue weighted by molar-refractivity contribution is 0.00578. The van der Waals surface area contributed by atoms with Gasteiger partial charge in [0.05, 0.1) is 24.4 Å². The van der Waals surface area contributed by atoms with E-state index in [1.807, 2.05) is 45.0 Å². The molecule has 56 heavy (non-hydrogen) atoms. The molecule has 1 fully saturated rings. The van der Waals surface area contributed by atoms with Gasteiger partial charge in [0.2, 0.25) is 0 Å². The number of rotatable bonds is 18. The van der Waals surface area contributed by atoms with Gasteiger partial charge in [-0.2, -0.15) is 0 Å². The average Bonchev–Trinajstić information content (AvgIpc) is 3.34. The minimum atomic E-state index is -2.76. The van der Waals surface area contributed by atoms with Gasteiger partial charge in [-0.25, -0.2) is 4.79 Å². The maximum Gasteiger partial charge on any atom is 0.495 e. The predicted molar refractivity (Wildman–Crippen MR) is 230 cm³/mol.